The van der Waals surface area contributed by atoms with E-state index in [2.05, 4.69) is 59.5 Å². The molecular formula is C24H39N7O. The second kappa shape index (κ2) is 10.8. The van der Waals surface area contributed by atoms with Crippen molar-refractivity contribution in [2.24, 2.45) is 12.0 Å². The van der Waals surface area contributed by atoms with Crippen LogP contribution in [0.25, 0.3) is 0 Å². The smallest absolute Gasteiger partial charge is 0.192 e. The zero-order valence-electron chi connectivity index (χ0n) is 20.5. The Hall–Kier alpha value is -2.61. The van der Waals surface area contributed by atoms with Gasteiger partial charge in [-0.15, -0.1) is 10.2 Å². The molecule has 2 N–H and O–H groups in total. The SMILES string of the molecule is CCN1CCCC1CNC(=NCc1ccccc1OC(C)(C)C)NCc1nnc(C)n1C. The fourth-order valence-electron chi connectivity index (χ4n) is 3.93. The van der Waals surface area contributed by atoms with E-state index in [-0.39, 0.29) is 5.60 Å². The molecule has 1 fully saturated rings. The number of aryl methyl sites for hydroxylation is 1. The standard InChI is InChI=1S/C24H39N7O/c1-7-31-14-10-12-20(31)16-26-23(27-17-22-29-28-18(2)30(22)6)25-15-19-11-8-9-13-21(19)32-24(3,4)5/h8-9,11,13,20H,7,10,12,14-17H2,1-6H3,(H2,25,26,27). The molecule has 1 unspecified atom stereocenters. The van der Waals surface area contributed by atoms with Crippen LogP contribution in [0.5, 0.6) is 5.75 Å². The van der Waals surface area contributed by atoms with E-state index in [4.69, 9.17) is 9.73 Å². The summed E-state index contributed by atoms with van der Waals surface area (Å²) in [5.74, 6) is 3.43. The summed E-state index contributed by atoms with van der Waals surface area (Å²) >= 11 is 0. The van der Waals surface area contributed by atoms with Crippen LogP contribution >= 0.6 is 0 Å². The van der Waals surface area contributed by atoms with Crippen LogP contribution in [0, 0.1) is 6.92 Å². The zero-order valence-corrected chi connectivity index (χ0v) is 20.5. The summed E-state index contributed by atoms with van der Waals surface area (Å²) in [5.41, 5.74) is 0.808. The minimum atomic E-state index is -0.256. The van der Waals surface area contributed by atoms with E-state index in [1.54, 1.807) is 0 Å². The van der Waals surface area contributed by atoms with E-state index in [1.807, 2.05) is 36.7 Å². The van der Waals surface area contributed by atoms with Gasteiger partial charge in [-0.2, -0.15) is 0 Å². The number of benzene rings is 1. The van der Waals surface area contributed by atoms with E-state index in [9.17, 15) is 0 Å². The minimum absolute atomic E-state index is 0.256. The van der Waals surface area contributed by atoms with Gasteiger partial charge in [-0.1, -0.05) is 25.1 Å². The van der Waals surface area contributed by atoms with Crippen molar-refractivity contribution in [2.75, 3.05) is 19.6 Å². The van der Waals surface area contributed by atoms with E-state index in [1.165, 1.54) is 19.4 Å². The normalized spacial score (nSPS) is 17.6. The van der Waals surface area contributed by atoms with Gasteiger partial charge < -0.3 is 19.9 Å². The van der Waals surface area contributed by atoms with Crippen LogP contribution in [0.1, 0.15) is 57.7 Å². The lowest BCUT2D eigenvalue weighted by Gasteiger charge is -2.24. The topological polar surface area (TPSA) is 79.6 Å². The largest absolute Gasteiger partial charge is 0.488 e. The first-order chi connectivity index (χ1) is 15.3. The Morgan fingerprint density at radius 2 is 2.00 bits per heavy atom. The molecule has 32 heavy (non-hydrogen) atoms. The minimum Gasteiger partial charge on any atom is -0.488 e. The highest BCUT2D eigenvalue weighted by molar-refractivity contribution is 5.79. The number of ether oxygens (including phenoxy) is 1. The molecule has 0 spiro atoms. The summed E-state index contributed by atoms with van der Waals surface area (Å²) in [6, 6.07) is 8.66. The molecule has 0 radical (unpaired) electrons. The van der Waals surface area contributed by atoms with Crippen LogP contribution in [0.2, 0.25) is 0 Å². The van der Waals surface area contributed by atoms with Gasteiger partial charge in [-0.25, -0.2) is 4.99 Å². The number of aliphatic imine (C=N–C) groups is 1. The van der Waals surface area contributed by atoms with Gasteiger partial charge in [0, 0.05) is 25.2 Å². The van der Waals surface area contributed by atoms with Crippen LogP contribution in [0.3, 0.4) is 0 Å². The summed E-state index contributed by atoms with van der Waals surface area (Å²) in [6.45, 7) is 14.6. The summed E-state index contributed by atoms with van der Waals surface area (Å²) in [7, 11) is 1.98. The Kier molecular flexibility index (Phi) is 8.12. The summed E-state index contributed by atoms with van der Waals surface area (Å²) in [5, 5.41) is 15.4. The number of nitrogens with zero attached hydrogens (tertiary/aromatic N) is 5. The number of aromatic nitrogens is 3. The zero-order chi connectivity index (χ0) is 23.1. The molecule has 3 rings (SSSR count). The van der Waals surface area contributed by atoms with Gasteiger partial charge in [0.25, 0.3) is 0 Å². The molecule has 8 nitrogen and oxygen atoms in total. The molecule has 2 heterocycles. The highest BCUT2D eigenvalue weighted by Crippen LogP contribution is 2.23. The number of hydrogen-bond acceptors (Lipinski definition) is 5. The van der Waals surface area contributed by atoms with Gasteiger partial charge in [0.15, 0.2) is 11.8 Å². The first kappa shape index (κ1) is 24.0. The molecule has 1 aromatic heterocycles. The number of guanidine groups is 1. The van der Waals surface area contributed by atoms with Gasteiger partial charge >= 0.3 is 0 Å². The number of hydrogen-bond donors (Lipinski definition) is 2. The molecule has 0 saturated carbocycles. The fraction of sp³-hybridized carbons (Fsp3) is 0.625. The highest BCUT2D eigenvalue weighted by atomic mass is 16.5. The average Bonchev–Trinajstić information content (AvgIpc) is 3.34. The third kappa shape index (κ3) is 6.69. The van der Waals surface area contributed by atoms with Crippen molar-refractivity contribution in [1.29, 1.82) is 0 Å². The van der Waals surface area contributed by atoms with E-state index in [0.29, 0.717) is 19.1 Å². The molecule has 1 aromatic carbocycles. The van der Waals surface area contributed by atoms with Crippen molar-refractivity contribution >= 4 is 5.96 Å². The number of rotatable bonds is 8. The molecule has 0 amide bonds. The molecule has 1 saturated heterocycles. The Balaban J connectivity index is 1.72. The Morgan fingerprint density at radius 3 is 2.69 bits per heavy atom. The highest BCUT2D eigenvalue weighted by Gasteiger charge is 2.23. The molecule has 176 valence electrons. The van der Waals surface area contributed by atoms with Crippen LogP contribution in [0.4, 0.5) is 0 Å². The lowest BCUT2D eigenvalue weighted by Crippen LogP contribution is -2.44. The van der Waals surface area contributed by atoms with Gasteiger partial charge in [0.05, 0.1) is 13.1 Å². The van der Waals surface area contributed by atoms with Crippen molar-refractivity contribution in [2.45, 2.75) is 72.2 Å². The van der Waals surface area contributed by atoms with Crippen molar-refractivity contribution in [1.82, 2.24) is 30.3 Å². The predicted octanol–water partition coefficient (Wildman–Crippen LogP) is 3.02. The van der Waals surface area contributed by atoms with Crippen LogP contribution in [-0.2, 0) is 20.1 Å². The molecule has 0 aliphatic carbocycles. The molecule has 8 heteroatoms. The second-order valence-electron chi connectivity index (χ2n) is 9.37. The van der Waals surface area contributed by atoms with Crippen LogP contribution in [0.15, 0.2) is 29.3 Å². The number of nitrogens with one attached hydrogen (secondary N) is 2. The first-order valence-corrected chi connectivity index (χ1v) is 11.6. The second-order valence-corrected chi connectivity index (χ2v) is 9.37. The number of para-hydroxylation sites is 1. The van der Waals surface area contributed by atoms with Gasteiger partial charge in [0.2, 0.25) is 0 Å². The summed E-state index contributed by atoms with van der Waals surface area (Å²) in [4.78, 5) is 7.42. The van der Waals surface area contributed by atoms with Gasteiger partial charge in [-0.05, 0) is 59.7 Å². The molecular weight excluding hydrogens is 402 g/mol. The van der Waals surface area contributed by atoms with E-state index >= 15 is 0 Å². The maximum atomic E-state index is 6.14. The predicted molar refractivity (Wildman–Crippen MR) is 129 cm³/mol. The quantitative estimate of drug-likeness (QED) is 0.484. The summed E-state index contributed by atoms with van der Waals surface area (Å²) in [6.07, 6.45) is 2.48. The molecule has 1 atom stereocenters. The van der Waals surface area contributed by atoms with Crippen molar-refractivity contribution in [3.8, 4) is 5.75 Å². The van der Waals surface area contributed by atoms with Crippen molar-refractivity contribution in [3.05, 3.63) is 41.5 Å². The number of likely N-dealkylation sites (tertiary alicyclic amines) is 1. The number of likely N-dealkylation sites (N-methyl/N-ethyl adjacent to an activating group) is 1. The summed E-state index contributed by atoms with van der Waals surface area (Å²) < 4.78 is 8.14. The van der Waals surface area contributed by atoms with E-state index < -0.39 is 0 Å². The van der Waals surface area contributed by atoms with Gasteiger partial charge in [0.1, 0.15) is 17.2 Å². The fourth-order valence-corrected chi connectivity index (χ4v) is 3.93. The third-order valence-electron chi connectivity index (χ3n) is 5.80. The molecule has 1 aliphatic heterocycles. The lowest BCUT2D eigenvalue weighted by molar-refractivity contribution is 0.129. The average molecular weight is 442 g/mol. The first-order valence-electron chi connectivity index (χ1n) is 11.6. The molecule has 0 bridgehead atoms. The maximum absolute atomic E-state index is 6.14. The van der Waals surface area contributed by atoms with Crippen molar-refractivity contribution in [3.63, 3.8) is 0 Å². The third-order valence-corrected chi connectivity index (χ3v) is 5.80. The lowest BCUT2D eigenvalue weighted by atomic mass is 10.1. The monoisotopic (exact) mass is 441 g/mol. The Morgan fingerprint density at radius 1 is 1.22 bits per heavy atom. The Bertz CT molecular complexity index is 900. The van der Waals surface area contributed by atoms with E-state index in [0.717, 1.165) is 42.0 Å². The van der Waals surface area contributed by atoms with Gasteiger partial charge in [-0.3, -0.25) is 4.90 Å². The van der Waals surface area contributed by atoms with Crippen LogP contribution < -0.4 is 15.4 Å². The van der Waals surface area contributed by atoms with Crippen LogP contribution in [-0.4, -0.2) is 56.9 Å². The molecule has 2 aromatic rings. The van der Waals surface area contributed by atoms with Crippen molar-refractivity contribution < 1.29 is 4.74 Å². The molecule has 1 aliphatic rings. The Labute approximate surface area is 192 Å². The maximum Gasteiger partial charge on any atom is 0.192 e.